The van der Waals surface area contributed by atoms with E-state index >= 15 is 0 Å². The maximum absolute atomic E-state index is 8.83. The number of likely N-dealkylation sites (tertiary alicyclic amines) is 1. The van der Waals surface area contributed by atoms with Crippen LogP contribution in [0.1, 0.15) is 39.5 Å². The minimum Gasteiger partial charge on any atom is -0.302 e. The molecule has 1 rings (SSSR count). The van der Waals surface area contributed by atoms with Gasteiger partial charge in [-0.3, -0.25) is 4.90 Å². The summed E-state index contributed by atoms with van der Waals surface area (Å²) in [6, 6.07) is 2.91. The van der Waals surface area contributed by atoms with Gasteiger partial charge in [0.15, 0.2) is 0 Å². The second-order valence-corrected chi connectivity index (χ2v) is 4.67. The molecule has 0 aromatic carbocycles. The Kier molecular flexibility index (Phi) is 6.44. The highest BCUT2D eigenvalue weighted by molar-refractivity contribution is 4.86. The highest BCUT2D eigenvalue weighted by atomic mass is 15.2. The van der Waals surface area contributed by atoms with E-state index in [1.54, 1.807) is 0 Å². The van der Waals surface area contributed by atoms with Crippen molar-refractivity contribution < 1.29 is 0 Å². The summed E-state index contributed by atoms with van der Waals surface area (Å²) in [5.41, 5.74) is 0. The van der Waals surface area contributed by atoms with Crippen LogP contribution < -0.4 is 0 Å². The van der Waals surface area contributed by atoms with E-state index in [9.17, 15) is 0 Å². The first kappa shape index (κ1) is 13.5. The van der Waals surface area contributed by atoms with Crippen molar-refractivity contribution in [2.24, 2.45) is 0 Å². The lowest BCUT2D eigenvalue weighted by atomic mass is 10.0. The van der Waals surface area contributed by atoms with Crippen LogP contribution in [-0.2, 0) is 0 Å². The van der Waals surface area contributed by atoms with Gasteiger partial charge in [-0.15, -0.1) is 0 Å². The quantitative estimate of drug-likeness (QED) is 0.646. The maximum Gasteiger partial charge on any atom is 0.0868 e. The summed E-state index contributed by atoms with van der Waals surface area (Å²) in [5.74, 6) is 0. The van der Waals surface area contributed by atoms with Crippen LogP contribution in [0, 0.1) is 11.3 Å². The largest absolute Gasteiger partial charge is 0.302 e. The Bertz CT molecular complexity index is 222. The fourth-order valence-electron chi connectivity index (χ4n) is 2.56. The topological polar surface area (TPSA) is 30.3 Å². The molecule has 0 N–H and O–H groups in total. The van der Waals surface area contributed by atoms with Gasteiger partial charge in [0.25, 0.3) is 0 Å². The van der Waals surface area contributed by atoms with Gasteiger partial charge in [0, 0.05) is 12.6 Å². The number of hydrogen-bond donors (Lipinski definition) is 0. The zero-order valence-electron chi connectivity index (χ0n) is 10.8. The Labute approximate surface area is 100 Å². The van der Waals surface area contributed by atoms with Crippen molar-refractivity contribution >= 4 is 0 Å². The van der Waals surface area contributed by atoms with Crippen LogP contribution >= 0.6 is 0 Å². The molecular formula is C13H25N3. The van der Waals surface area contributed by atoms with Crippen molar-refractivity contribution in [2.75, 3.05) is 32.7 Å². The fraction of sp³-hybridized carbons (Fsp3) is 0.923. The van der Waals surface area contributed by atoms with E-state index in [-0.39, 0.29) is 0 Å². The van der Waals surface area contributed by atoms with Gasteiger partial charge >= 0.3 is 0 Å². The number of likely N-dealkylation sites (N-methyl/N-ethyl adjacent to an activating group) is 1. The fourth-order valence-corrected chi connectivity index (χ4v) is 2.56. The molecule has 1 saturated heterocycles. The van der Waals surface area contributed by atoms with Gasteiger partial charge in [0.05, 0.1) is 12.6 Å². The number of piperidine rings is 1. The normalized spacial score (nSPS) is 22.2. The van der Waals surface area contributed by atoms with Crippen LogP contribution in [0.2, 0.25) is 0 Å². The minimum absolute atomic E-state index is 0.606. The standard InChI is InChI=1S/C13H25N3/c1-3-9-15(4-2)12-13-7-5-6-10-16(13)11-8-14/h13H,3-7,9-12H2,1-2H3. The van der Waals surface area contributed by atoms with E-state index in [1.165, 1.54) is 32.2 Å². The monoisotopic (exact) mass is 223 g/mol. The van der Waals surface area contributed by atoms with Gasteiger partial charge in [0.2, 0.25) is 0 Å². The number of rotatable bonds is 6. The van der Waals surface area contributed by atoms with Crippen LogP contribution in [0.5, 0.6) is 0 Å². The lowest BCUT2D eigenvalue weighted by molar-refractivity contribution is 0.119. The summed E-state index contributed by atoms with van der Waals surface area (Å²) in [4.78, 5) is 4.88. The molecule has 0 spiro atoms. The minimum atomic E-state index is 0.606. The van der Waals surface area contributed by atoms with Gasteiger partial charge in [-0.1, -0.05) is 20.3 Å². The highest BCUT2D eigenvalue weighted by Gasteiger charge is 2.23. The molecule has 92 valence electrons. The molecule has 1 heterocycles. The maximum atomic E-state index is 8.83. The van der Waals surface area contributed by atoms with Crippen molar-refractivity contribution in [3.63, 3.8) is 0 Å². The predicted molar refractivity (Wildman–Crippen MR) is 67.2 cm³/mol. The molecule has 16 heavy (non-hydrogen) atoms. The Morgan fingerprint density at radius 2 is 2.19 bits per heavy atom. The van der Waals surface area contributed by atoms with Crippen molar-refractivity contribution in [3.8, 4) is 6.07 Å². The zero-order chi connectivity index (χ0) is 11.8. The number of hydrogen-bond acceptors (Lipinski definition) is 3. The molecule has 0 saturated carbocycles. The molecule has 0 bridgehead atoms. The Morgan fingerprint density at radius 1 is 1.38 bits per heavy atom. The van der Waals surface area contributed by atoms with Gasteiger partial charge in [-0.25, -0.2) is 0 Å². The molecule has 1 fully saturated rings. The summed E-state index contributed by atoms with van der Waals surface area (Å²) in [6.45, 7) is 9.64. The lowest BCUT2D eigenvalue weighted by Gasteiger charge is -2.37. The third-order valence-corrected chi connectivity index (χ3v) is 3.48. The van der Waals surface area contributed by atoms with Crippen LogP contribution in [0.15, 0.2) is 0 Å². The third kappa shape index (κ3) is 4.11. The molecule has 0 radical (unpaired) electrons. The molecule has 0 amide bonds. The Morgan fingerprint density at radius 3 is 2.81 bits per heavy atom. The highest BCUT2D eigenvalue weighted by Crippen LogP contribution is 2.17. The van der Waals surface area contributed by atoms with Gasteiger partial charge in [0.1, 0.15) is 0 Å². The summed E-state index contributed by atoms with van der Waals surface area (Å²) in [5, 5.41) is 8.83. The SMILES string of the molecule is CCCN(CC)CC1CCCCN1CC#N. The van der Waals surface area contributed by atoms with Crippen molar-refractivity contribution in [1.82, 2.24) is 9.80 Å². The molecular weight excluding hydrogens is 198 g/mol. The smallest absolute Gasteiger partial charge is 0.0868 e. The molecule has 0 aromatic heterocycles. The molecule has 1 aliphatic rings. The first-order valence-corrected chi connectivity index (χ1v) is 6.65. The van der Waals surface area contributed by atoms with E-state index in [1.807, 2.05) is 0 Å². The van der Waals surface area contributed by atoms with Gasteiger partial charge < -0.3 is 4.90 Å². The van der Waals surface area contributed by atoms with Crippen LogP contribution in [-0.4, -0.2) is 48.6 Å². The number of nitriles is 1. The summed E-state index contributed by atoms with van der Waals surface area (Å²) in [7, 11) is 0. The first-order chi connectivity index (χ1) is 7.81. The van der Waals surface area contributed by atoms with Crippen molar-refractivity contribution in [3.05, 3.63) is 0 Å². The van der Waals surface area contributed by atoms with Gasteiger partial charge in [-0.05, 0) is 38.9 Å². The summed E-state index contributed by atoms with van der Waals surface area (Å²) >= 11 is 0. The lowest BCUT2D eigenvalue weighted by Crippen LogP contribution is -2.47. The van der Waals surface area contributed by atoms with Crippen LogP contribution in [0.4, 0.5) is 0 Å². The molecule has 0 aliphatic carbocycles. The van der Waals surface area contributed by atoms with Crippen molar-refractivity contribution in [2.45, 2.75) is 45.6 Å². The molecule has 1 aliphatic heterocycles. The molecule has 1 atom stereocenters. The average Bonchev–Trinajstić information content (AvgIpc) is 2.31. The second-order valence-electron chi connectivity index (χ2n) is 4.67. The van der Waals surface area contributed by atoms with Crippen LogP contribution in [0.25, 0.3) is 0 Å². The number of nitrogens with zero attached hydrogens (tertiary/aromatic N) is 3. The van der Waals surface area contributed by atoms with E-state index in [0.717, 1.165) is 19.6 Å². The van der Waals surface area contributed by atoms with E-state index < -0.39 is 0 Å². The van der Waals surface area contributed by atoms with E-state index in [2.05, 4.69) is 29.7 Å². The Balaban J connectivity index is 2.44. The van der Waals surface area contributed by atoms with Crippen LogP contribution in [0.3, 0.4) is 0 Å². The zero-order valence-corrected chi connectivity index (χ0v) is 10.8. The molecule has 3 nitrogen and oxygen atoms in total. The molecule has 0 aromatic rings. The predicted octanol–water partition coefficient (Wildman–Crippen LogP) is 2.10. The first-order valence-electron chi connectivity index (χ1n) is 6.65. The Hall–Kier alpha value is -0.590. The average molecular weight is 223 g/mol. The summed E-state index contributed by atoms with van der Waals surface area (Å²) < 4.78 is 0. The second kappa shape index (κ2) is 7.65. The van der Waals surface area contributed by atoms with Gasteiger partial charge in [-0.2, -0.15) is 5.26 Å². The molecule has 1 unspecified atom stereocenters. The van der Waals surface area contributed by atoms with E-state index in [0.29, 0.717) is 12.6 Å². The summed E-state index contributed by atoms with van der Waals surface area (Å²) in [6.07, 6.45) is 5.08. The van der Waals surface area contributed by atoms with Crippen molar-refractivity contribution in [1.29, 1.82) is 5.26 Å². The molecule has 3 heteroatoms. The van der Waals surface area contributed by atoms with E-state index in [4.69, 9.17) is 5.26 Å². The third-order valence-electron chi connectivity index (χ3n) is 3.48.